The Labute approximate surface area is 206 Å². The number of likely N-dealkylation sites (tertiary alicyclic amines) is 1. The molecule has 1 aromatic rings. The zero-order valence-corrected chi connectivity index (χ0v) is 21.1. The number of hydrogen-bond donors (Lipinski definition) is 3. The molecule has 0 atom stereocenters. The monoisotopic (exact) mass is 488 g/mol. The minimum absolute atomic E-state index is 0.0755. The van der Waals surface area contributed by atoms with Crippen molar-refractivity contribution in [2.75, 3.05) is 50.5 Å². The number of methoxy groups -OCH3 is 1. The molecule has 1 aromatic carbocycles. The smallest absolute Gasteiger partial charge is 0.410 e. The number of nitrogens with zero attached hydrogens (tertiary/aromatic N) is 2. The number of amides is 2. The van der Waals surface area contributed by atoms with Crippen LogP contribution in [-0.2, 0) is 19.1 Å². The van der Waals surface area contributed by atoms with Gasteiger partial charge in [-0.3, -0.25) is 4.79 Å². The van der Waals surface area contributed by atoms with Gasteiger partial charge in [0.2, 0.25) is 0 Å². The molecule has 2 aliphatic heterocycles. The summed E-state index contributed by atoms with van der Waals surface area (Å²) in [5.74, 6) is -0.950. The number of nitrogens with one attached hydrogen (secondary N) is 2. The van der Waals surface area contributed by atoms with Crippen molar-refractivity contribution < 1.29 is 29.0 Å². The number of benzene rings is 1. The number of aliphatic hydroxyl groups is 1. The number of hydrogen-bond acceptors (Lipinski definition) is 8. The third-order valence-electron chi connectivity index (χ3n) is 5.89. The molecule has 1 saturated heterocycles. The second-order valence-corrected chi connectivity index (χ2v) is 9.86. The average molecular weight is 489 g/mol. The Morgan fingerprint density at radius 2 is 1.86 bits per heavy atom. The second kappa shape index (κ2) is 11.0. The first-order valence-electron chi connectivity index (χ1n) is 11.9. The lowest BCUT2D eigenvalue weighted by Gasteiger charge is -2.34. The van der Waals surface area contributed by atoms with Gasteiger partial charge >= 0.3 is 12.1 Å². The van der Waals surface area contributed by atoms with E-state index in [9.17, 15) is 19.5 Å². The number of aryl methyl sites for hydroxylation is 1. The molecule has 0 bridgehead atoms. The molecule has 3 N–H and O–H groups in total. The van der Waals surface area contributed by atoms with Crippen molar-refractivity contribution in [2.45, 2.75) is 52.2 Å². The number of ether oxygens (including phenoxy) is 2. The largest absolute Gasteiger partial charge is 0.466 e. The molecule has 0 saturated carbocycles. The van der Waals surface area contributed by atoms with Crippen LogP contribution >= 0.6 is 0 Å². The van der Waals surface area contributed by atoms with Crippen molar-refractivity contribution in [3.63, 3.8) is 0 Å². The Hall–Kier alpha value is -3.27. The van der Waals surface area contributed by atoms with E-state index in [-0.39, 0.29) is 49.0 Å². The molecule has 1 fully saturated rings. The van der Waals surface area contributed by atoms with Gasteiger partial charge < -0.3 is 35.0 Å². The molecule has 192 valence electrons. The summed E-state index contributed by atoms with van der Waals surface area (Å²) in [7, 11) is 1.27. The SMILES string of the molecule is COC(=O)C1=C(Nc2ccc(C)cc2NC2CCN(C(=O)OC(C)(C)C)CC2)C(=O)N(CCO)C1. The fraction of sp³-hybridized carbons (Fsp3) is 0.560. The van der Waals surface area contributed by atoms with Gasteiger partial charge in [-0.25, -0.2) is 9.59 Å². The normalized spacial score (nSPS) is 17.0. The van der Waals surface area contributed by atoms with Gasteiger partial charge in [0.15, 0.2) is 0 Å². The van der Waals surface area contributed by atoms with Gasteiger partial charge in [-0.05, 0) is 58.2 Å². The highest BCUT2D eigenvalue weighted by Gasteiger charge is 2.35. The molecular formula is C25H36N4O6. The van der Waals surface area contributed by atoms with Crippen LogP contribution in [0.4, 0.5) is 16.2 Å². The maximum Gasteiger partial charge on any atom is 0.410 e. The number of aliphatic hydroxyl groups excluding tert-OH is 1. The summed E-state index contributed by atoms with van der Waals surface area (Å²) >= 11 is 0. The van der Waals surface area contributed by atoms with Gasteiger partial charge in [-0.2, -0.15) is 0 Å². The molecule has 0 spiro atoms. The maximum absolute atomic E-state index is 12.9. The summed E-state index contributed by atoms with van der Waals surface area (Å²) in [5, 5.41) is 16.0. The number of carbonyl (C=O) groups excluding carboxylic acids is 3. The van der Waals surface area contributed by atoms with E-state index in [1.807, 2.05) is 45.9 Å². The van der Waals surface area contributed by atoms with E-state index in [0.29, 0.717) is 18.8 Å². The molecule has 10 heteroatoms. The fourth-order valence-electron chi connectivity index (χ4n) is 4.12. The van der Waals surface area contributed by atoms with Crippen LogP contribution in [0.1, 0.15) is 39.2 Å². The van der Waals surface area contributed by atoms with E-state index in [1.165, 1.54) is 12.0 Å². The number of piperidine rings is 1. The Morgan fingerprint density at radius 1 is 1.17 bits per heavy atom. The molecule has 2 aliphatic rings. The zero-order chi connectivity index (χ0) is 25.8. The Morgan fingerprint density at radius 3 is 2.46 bits per heavy atom. The first-order valence-corrected chi connectivity index (χ1v) is 11.9. The summed E-state index contributed by atoms with van der Waals surface area (Å²) < 4.78 is 10.3. The van der Waals surface area contributed by atoms with Crippen molar-refractivity contribution in [3.8, 4) is 0 Å². The summed E-state index contributed by atoms with van der Waals surface area (Å²) in [6.45, 7) is 8.68. The number of esters is 1. The lowest BCUT2D eigenvalue weighted by atomic mass is 10.0. The van der Waals surface area contributed by atoms with Crippen LogP contribution in [0.5, 0.6) is 0 Å². The number of anilines is 2. The van der Waals surface area contributed by atoms with Crippen LogP contribution in [0.25, 0.3) is 0 Å². The number of carbonyl (C=O) groups is 3. The van der Waals surface area contributed by atoms with Crippen LogP contribution < -0.4 is 10.6 Å². The summed E-state index contributed by atoms with van der Waals surface area (Å²) in [5.41, 5.74) is 2.33. The number of rotatable bonds is 7. The Bertz CT molecular complexity index is 992. The van der Waals surface area contributed by atoms with Crippen LogP contribution in [0.3, 0.4) is 0 Å². The summed E-state index contributed by atoms with van der Waals surface area (Å²) in [4.78, 5) is 40.7. The first-order chi connectivity index (χ1) is 16.5. The highest BCUT2D eigenvalue weighted by Crippen LogP contribution is 2.30. The van der Waals surface area contributed by atoms with E-state index in [4.69, 9.17) is 9.47 Å². The van der Waals surface area contributed by atoms with Crippen LogP contribution in [0.2, 0.25) is 0 Å². The lowest BCUT2D eigenvalue weighted by molar-refractivity contribution is -0.136. The van der Waals surface area contributed by atoms with Gasteiger partial charge in [0, 0.05) is 25.7 Å². The highest BCUT2D eigenvalue weighted by atomic mass is 16.6. The van der Waals surface area contributed by atoms with Crippen molar-refractivity contribution in [1.82, 2.24) is 9.80 Å². The quantitative estimate of drug-likeness (QED) is 0.501. The zero-order valence-electron chi connectivity index (χ0n) is 21.1. The lowest BCUT2D eigenvalue weighted by Crippen LogP contribution is -2.44. The van der Waals surface area contributed by atoms with E-state index in [0.717, 1.165) is 24.1 Å². The molecule has 2 heterocycles. The summed E-state index contributed by atoms with van der Waals surface area (Å²) in [6.07, 6.45) is 1.18. The third-order valence-corrected chi connectivity index (χ3v) is 5.89. The summed E-state index contributed by atoms with van der Waals surface area (Å²) in [6, 6.07) is 5.88. The van der Waals surface area contributed by atoms with Gasteiger partial charge in [-0.15, -0.1) is 0 Å². The third kappa shape index (κ3) is 6.66. The molecule has 0 unspecified atom stereocenters. The Kier molecular flexibility index (Phi) is 8.26. The molecule has 35 heavy (non-hydrogen) atoms. The van der Waals surface area contributed by atoms with E-state index in [2.05, 4.69) is 10.6 Å². The van der Waals surface area contributed by atoms with Crippen molar-refractivity contribution in [3.05, 3.63) is 35.0 Å². The van der Waals surface area contributed by atoms with Crippen LogP contribution in [-0.4, -0.2) is 84.4 Å². The highest BCUT2D eigenvalue weighted by molar-refractivity contribution is 6.09. The predicted molar refractivity (Wildman–Crippen MR) is 132 cm³/mol. The fourth-order valence-corrected chi connectivity index (χ4v) is 4.12. The van der Waals surface area contributed by atoms with E-state index < -0.39 is 11.6 Å². The predicted octanol–water partition coefficient (Wildman–Crippen LogP) is 2.48. The minimum Gasteiger partial charge on any atom is -0.466 e. The first kappa shape index (κ1) is 26.3. The van der Waals surface area contributed by atoms with Crippen molar-refractivity contribution in [1.29, 1.82) is 0 Å². The Balaban J connectivity index is 1.74. The standard InChI is InChI=1S/C25H36N4O6/c1-16-6-7-19(27-21-18(23(32)34-5)15-29(12-13-30)22(21)31)20(14-16)26-17-8-10-28(11-9-17)24(33)35-25(2,3)4/h6-7,14,17,26-27,30H,8-13,15H2,1-5H3. The molecule has 0 radical (unpaired) electrons. The average Bonchev–Trinajstić information content (AvgIpc) is 3.10. The number of β-amino-alcohol motifs (C(OH)–C–C–N with tert-alkyl or cyclic N) is 1. The van der Waals surface area contributed by atoms with Gasteiger partial charge in [0.25, 0.3) is 5.91 Å². The van der Waals surface area contributed by atoms with Gasteiger partial charge in [0.1, 0.15) is 11.3 Å². The van der Waals surface area contributed by atoms with E-state index >= 15 is 0 Å². The van der Waals surface area contributed by atoms with E-state index in [1.54, 1.807) is 4.90 Å². The van der Waals surface area contributed by atoms with Gasteiger partial charge in [-0.1, -0.05) is 6.07 Å². The second-order valence-electron chi connectivity index (χ2n) is 9.86. The topological polar surface area (TPSA) is 120 Å². The molecule has 10 nitrogen and oxygen atoms in total. The molecule has 0 aliphatic carbocycles. The molecule has 2 amide bonds. The van der Waals surface area contributed by atoms with Crippen LogP contribution in [0.15, 0.2) is 29.5 Å². The van der Waals surface area contributed by atoms with Crippen LogP contribution in [0, 0.1) is 6.92 Å². The molecular weight excluding hydrogens is 452 g/mol. The maximum atomic E-state index is 12.9. The van der Waals surface area contributed by atoms with Gasteiger partial charge in [0.05, 0.1) is 37.2 Å². The minimum atomic E-state index is -0.586. The molecule has 0 aromatic heterocycles. The van der Waals surface area contributed by atoms with Crippen molar-refractivity contribution in [2.24, 2.45) is 0 Å². The van der Waals surface area contributed by atoms with Crippen molar-refractivity contribution >= 4 is 29.3 Å². The molecule has 3 rings (SSSR count).